The maximum Gasteiger partial charge on any atom is 0.330 e. The van der Waals surface area contributed by atoms with Crippen LogP contribution in [0.2, 0.25) is 0 Å². The van der Waals surface area contributed by atoms with Gasteiger partial charge in [0.15, 0.2) is 5.69 Å². The Labute approximate surface area is 179 Å². The van der Waals surface area contributed by atoms with Crippen LogP contribution in [0.1, 0.15) is 50.7 Å². The number of ether oxygens (including phenoxy) is 1. The molecule has 0 bridgehead atoms. The molecule has 10 heteroatoms. The lowest BCUT2D eigenvalue weighted by molar-refractivity contribution is -0.118. The first-order valence-corrected chi connectivity index (χ1v) is 10.9. The monoisotopic (exact) mass is 437 g/mol. The van der Waals surface area contributed by atoms with Crippen molar-refractivity contribution in [2.24, 2.45) is 5.92 Å². The van der Waals surface area contributed by atoms with E-state index in [4.69, 9.17) is 10.5 Å². The van der Waals surface area contributed by atoms with E-state index in [1.165, 1.54) is 20.8 Å². The Morgan fingerprint density at radius 2 is 2.03 bits per heavy atom. The molecular weight excluding hydrogens is 406 g/mol. The number of nitrogens with one attached hydrogen (secondary N) is 1. The summed E-state index contributed by atoms with van der Waals surface area (Å²) >= 11 is 1.51. The van der Waals surface area contributed by atoms with Gasteiger partial charge in [0.2, 0.25) is 5.91 Å². The summed E-state index contributed by atoms with van der Waals surface area (Å²) in [6, 6.07) is 0. The first-order chi connectivity index (χ1) is 14.1. The van der Waals surface area contributed by atoms with Crippen LogP contribution in [0.4, 0.5) is 11.5 Å². The number of nitrogen functional groups attached to an aromatic ring is 1. The Morgan fingerprint density at radius 1 is 1.33 bits per heavy atom. The Bertz CT molecular complexity index is 976. The van der Waals surface area contributed by atoms with E-state index < -0.39 is 11.2 Å². The average molecular weight is 438 g/mol. The highest BCUT2D eigenvalue weighted by molar-refractivity contribution is 7.09. The van der Waals surface area contributed by atoms with E-state index in [1.807, 2.05) is 33.1 Å². The summed E-state index contributed by atoms with van der Waals surface area (Å²) in [5.41, 5.74) is 5.60. The number of amides is 1. The topological polar surface area (TPSA) is 123 Å². The summed E-state index contributed by atoms with van der Waals surface area (Å²) in [4.78, 5) is 46.2. The van der Waals surface area contributed by atoms with E-state index >= 15 is 0 Å². The molecule has 2 rings (SSSR count). The fraction of sp³-hybridized carbons (Fsp3) is 0.600. The molecule has 3 N–H and O–H groups in total. The Kier molecular flexibility index (Phi) is 8.36. The van der Waals surface area contributed by atoms with Gasteiger partial charge in [0, 0.05) is 38.1 Å². The average Bonchev–Trinajstić information content (AvgIpc) is 3.12. The number of carbonyl (C=O) groups is 1. The highest BCUT2D eigenvalue weighted by atomic mass is 32.1. The van der Waals surface area contributed by atoms with Gasteiger partial charge in [0.05, 0.1) is 17.1 Å². The quantitative estimate of drug-likeness (QED) is 0.548. The van der Waals surface area contributed by atoms with Crippen LogP contribution in [-0.4, -0.2) is 40.7 Å². The van der Waals surface area contributed by atoms with Gasteiger partial charge in [0.25, 0.3) is 5.56 Å². The molecule has 0 aliphatic carbocycles. The minimum Gasteiger partial charge on any atom is -0.385 e. The normalized spacial score (nSPS) is 11.4. The van der Waals surface area contributed by atoms with Gasteiger partial charge >= 0.3 is 5.69 Å². The van der Waals surface area contributed by atoms with E-state index in [1.54, 1.807) is 7.11 Å². The number of nitrogens with zero attached hydrogens (tertiary/aromatic N) is 3. The molecule has 0 spiro atoms. The molecule has 2 aromatic rings. The number of aromatic amines is 1. The van der Waals surface area contributed by atoms with Crippen LogP contribution >= 0.6 is 11.3 Å². The summed E-state index contributed by atoms with van der Waals surface area (Å²) in [7, 11) is 1.57. The number of methoxy groups -OCH3 is 1. The van der Waals surface area contributed by atoms with E-state index in [0.717, 1.165) is 5.01 Å². The first-order valence-electron chi connectivity index (χ1n) is 10.0. The van der Waals surface area contributed by atoms with Crippen molar-refractivity contribution < 1.29 is 9.53 Å². The lowest BCUT2D eigenvalue weighted by atomic mass is 10.2. The van der Waals surface area contributed by atoms with Gasteiger partial charge in [-0.15, -0.1) is 11.3 Å². The van der Waals surface area contributed by atoms with Crippen molar-refractivity contribution in [1.29, 1.82) is 0 Å². The molecule has 0 unspecified atom stereocenters. The number of carbonyl (C=O) groups excluding carboxylic acids is 1. The van der Waals surface area contributed by atoms with Crippen LogP contribution in [0.15, 0.2) is 15.0 Å². The second kappa shape index (κ2) is 10.5. The molecule has 9 nitrogen and oxygen atoms in total. The Morgan fingerprint density at radius 3 is 2.60 bits per heavy atom. The first kappa shape index (κ1) is 23.8. The van der Waals surface area contributed by atoms with Crippen molar-refractivity contribution in [1.82, 2.24) is 14.5 Å². The zero-order valence-corrected chi connectivity index (χ0v) is 19.0. The van der Waals surface area contributed by atoms with Crippen molar-refractivity contribution >= 4 is 28.7 Å². The molecule has 0 radical (unpaired) electrons. The minimum absolute atomic E-state index is 0.00401. The third-order valence-corrected chi connectivity index (χ3v) is 5.65. The third kappa shape index (κ3) is 5.79. The SMILES string of the molecule is COCCCN(C(=O)Cc1csc(C(C)C)n1)c1c(N)n(CC(C)C)c(=O)[nH]c1=O. The molecule has 0 saturated heterocycles. The maximum absolute atomic E-state index is 13.2. The summed E-state index contributed by atoms with van der Waals surface area (Å²) in [6.45, 7) is 8.94. The number of rotatable bonds is 10. The smallest absolute Gasteiger partial charge is 0.330 e. The van der Waals surface area contributed by atoms with Crippen LogP contribution in [0, 0.1) is 5.92 Å². The Balaban J connectivity index is 2.43. The summed E-state index contributed by atoms with van der Waals surface area (Å²) in [6.07, 6.45) is 0.553. The molecule has 0 fully saturated rings. The van der Waals surface area contributed by atoms with E-state index in [2.05, 4.69) is 9.97 Å². The number of hydrogen-bond acceptors (Lipinski definition) is 7. The predicted molar refractivity (Wildman–Crippen MR) is 119 cm³/mol. The van der Waals surface area contributed by atoms with Crippen molar-refractivity contribution in [3.63, 3.8) is 0 Å². The van der Waals surface area contributed by atoms with Gasteiger partial charge in [-0.3, -0.25) is 19.1 Å². The molecule has 0 saturated carbocycles. The molecule has 2 aromatic heterocycles. The van der Waals surface area contributed by atoms with Crippen molar-refractivity contribution in [2.45, 2.75) is 53.0 Å². The minimum atomic E-state index is -0.676. The molecule has 2 heterocycles. The van der Waals surface area contributed by atoms with E-state index in [9.17, 15) is 14.4 Å². The van der Waals surface area contributed by atoms with Crippen molar-refractivity contribution in [3.05, 3.63) is 36.9 Å². The van der Waals surface area contributed by atoms with Crippen LogP contribution in [0.25, 0.3) is 0 Å². The number of anilines is 2. The van der Waals surface area contributed by atoms with Crippen molar-refractivity contribution in [3.8, 4) is 0 Å². The summed E-state index contributed by atoms with van der Waals surface area (Å²) < 4.78 is 6.39. The molecule has 166 valence electrons. The highest BCUT2D eigenvalue weighted by Crippen LogP contribution is 2.22. The molecule has 0 atom stereocenters. The van der Waals surface area contributed by atoms with E-state index in [0.29, 0.717) is 25.3 Å². The number of hydrogen-bond donors (Lipinski definition) is 2. The Hall–Kier alpha value is -2.46. The van der Waals surface area contributed by atoms with Gasteiger partial charge in [-0.2, -0.15) is 0 Å². The zero-order valence-electron chi connectivity index (χ0n) is 18.2. The summed E-state index contributed by atoms with van der Waals surface area (Å²) in [5.74, 6) is 0.0867. The third-order valence-electron chi connectivity index (χ3n) is 4.46. The number of thiazole rings is 1. The van der Waals surface area contributed by atoms with Gasteiger partial charge in [0.1, 0.15) is 5.82 Å². The molecule has 1 amide bonds. The lowest BCUT2D eigenvalue weighted by Gasteiger charge is -2.24. The predicted octanol–water partition coefficient (Wildman–Crippen LogP) is 1.97. The largest absolute Gasteiger partial charge is 0.385 e. The number of nitrogens with two attached hydrogens (primary N) is 1. The van der Waals surface area contributed by atoms with Crippen LogP contribution in [0.5, 0.6) is 0 Å². The fourth-order valence-corrected chi connectivity index (χ4v) is 3.87. The summed E-state index contributed by atoms with van der Waals surface area (Å²) in [5, 5.41) is 2.81. The highest BCUT2D eigenvalue weighted by Gasteiger charge is 2.25. The molecule has 0 aliphatic rings. The molecule has 0 aliphatic heterocycles. The van der Waals surface area contributed by atoms with Crippen LogP contribution in [-0.2, 0) is 22.5 Å². The lowest BCUT2D eigenvalue weighted by Crippen LogP contribution is -2.42. The van der Waals surface area contributed by atoms with Gasteiger partial charge in [-0.05, 0) is 12.3 Å². The maximum atomic E-state index is 13.2. The van der Waals surface area contributed by atoms with Crippen LogP contribution < -0.4 is 21.9 Å². The van der Waals surface area contributed by atoms with Gasteiger partial charge in [-0.1, -0.05) is 27.7 Å². The standard InChI is InChI=1S/C20H31N5O4S/c1-12(2)10-25-17(21)16(18(27)23-20(25)28)24(7-6-8-29-5)15(26)9-14-11-30-19(22-14)13(3)4/h11-13H,6-10,21H2,1-5H3,(H,23,27,28). The van der Waals surface area contributed by atoms with E-state index in [-0.39, 0.29) is 42.2 Å². The van der Waals surface area contributed by atoms with Crippen LogP contribution in [0.3, 0.4) is 0 Å². The second-order valence-electron chi connectivity index (χ2n) is 7.90. The van der Waals surface area contributed by atoms with Gasteiger partial charge in [-0.25, -0.2) is 9.78 Å². The van der Waals surface area contributed by atoms with Crippen molar-refractivity contribution in [2.75, 3.05) is 30.9 Å². The molecule has 0 aromatic carbocycles. The molecular formula is C20H31N5O4S. The van der Waals surface area contributed by atoms with Gasteiger partial charge < -0.3 is 15.4 Å². The fourth-order valence-electron chi connectivity index (χ4n) is 3.03. The zero-order chi connectivity index (χ0) is 22.4. The number of aromatic nitrogens is 3. The number of H-pyrrole nitrogens is 1. The second-order valence-corrected chi connectivity index (χ2v) is 8.79. The molecule has 30 heavy (non-hydrogen) atoms.